The first-order valence-corrected chi connectivity index (χ1v) is 7.28. The summed E-state index contributed by atoms with van der Waals surface area (Å²) in [5, 5.41) is 10.8. The summed E-state index contributed by atoms with van der Waals surface area (Å²) in [5.74, 6) is 0.495. The van der Waals surface area contributed by atoms with Crippen molar-refractivity contribution in [1.82, 2.24) is 4.98 Å². The van der Waals surface area contributed by atoms with E-state index in [9.17, 15) is 5.11 Å². The molecule has 0 saturated heterocycles. The molecule has 0 radical (unpaired) electrons. The molecule has 2 aromatic carbocycles. The van der Waals surface area contributed by atoms with E-state index in [1.165, 1.54) is 0 Å². The molecule has 0 fully saturated rings. The molecule has 1 aromatic heterocycles. The zero-order chi connectivity index (χ0) is 14.1. The number of rotatable bonds is 3. The van der Waals surface area contributed by atoms with Gasteiger partial charge < -0.3 is 9.52 Å². The van der Waals surface area contributed by atoms with Gasteiger partial charge in [-0.05, 0) is 34.1 Å². The van der Waals surface area contributed by atoms with E-state index in [-0.39, 0.29) is 6.42 Å². The Bertz CT molecular complexity index is 723. The highest BCUT2D eigenvalue weighted by molar-refractivity contribution is 9.10. The Hall–Kier alpha value is -1.36. The minimum atomic E-state index is -0.756. The van der Waals surface area contributed by atoms with Gasteiger partial charge in [0.25, 0.3) is 0 Å². The van der Waals surface area contributed by atoms with E-state index in [0.29, 0.717) is 16.5 Å². The lowest BCUT2D eigenvalue weighted by Crippen LogP contribution is -2.03. The molecule has 3 aromatic rings. The predicted molar refractivity (Wildman–Crippen MR) is 81.8 cm³/mol. The van der Waals surface area contributed by atoms with Gasteiger partial charge in [-0.15, -0.1) is 0 Å². The highest BCUT2D eigenvalue weighted by atomic mass is 79.9. The van der Waals surface area contributed by atoms with Crippen LogP contribution < -0.4 is 0 Å². The fourth-order valence-electron chi connectivity index (χ4n) is 2.06. The summed E-state index contributed by atoms with van der Waals surface area (Å²) in [4.78, 5) is 4.35. The molecule has 3 nitrogen and oxygen atoms in total. The van der Waals surface area contributed by atoms with Crippen LogP contribution in [0.3, 0.4) is 0 Å². The average Bonchev–Trinajstić information content (AvgIpc) is 2.83. The minimum Gasteiger partial charge on any atom is -0.441 e. The third-order valence-corrected chi connectivity index (χ3v) is 4.36. The molecule has 102 valence electrons. The molecule has 0 amide bonds. The molecule has 20 heavy (non-hydrogen) atoms. The first kappa shape index (κ1) is 13.6. The molecule has 3 rings (SSSR count). The number of para-hydroxylation sites is 2. The van der Waals surface area contributed by atoms with Crippen LogP contribution in [-0.2, 0) is 6.42 Å². The monoisotopic (exact) mass is 351 g/mol. The number of nitrogens with zero attached hydrogens (tertiary/aromatic N) is 1. The van der Waals surface area contributed by atoms with Crippen molar-refractivity contribution in [3.05, 3.63) is 63.4 Å². The second-order valence-electron chi connectivity index (χ2n) is 4.44. The van der Waals surface area contributed by atoms with Gasteiger partial charge in [-0.2, -0.15) is 0 Å². The smallest absolute Gasteiger partial charge is 0.198 e. The maximum Gasteiger partial charge on any atom is 0.198 e. The minimum absolute atomic E-state index is 0.283. The van der Waals surface area contributed by atoms with Gasteiger partial charge in [-0.1, -0.05) is 35.9 Å². The van der Waals surface area contributed by atoms with E-state index < -0.39 is 6.10 Å². The molecule has 5 heteroatoms. The highest BCUT2D eigenvalue weighted by Crippen LogP contribution is 2.32. The lowest BCUT2D eigenvalue weighted by atomic mass is 10.1. The topological polar surface area (TPSA) is 46.3 Å². The Labute approximate surface area is 129 Å². The number of aromatic nitrogens is 1. The molecule has 0 spiro atoms. The second-order valence-corrected chi connectivity index (χ2v) is 5.67. The molecule has 1 N–H and O–H groups in total. The first-order valence-electron chi connectivity index (χ1n) is 6.11. The van der Waals surface area contributed by atoms with Gasteiger partial charge in [0.2, 0.25) is 0 Å². The van der Waals surface area contributed by atoms with Crippen LogP contribution >= 0.6 is 27.5 Å². The number of benzene rings is 2. The molecule has 0 aliphatic carbocycles. The van der Waals surface area contributed by atoms with Gasteiger partial charge in [-0.3, -0.25) is 0 Å². The van der Waals surface area contributed by atoms with Crippen LogP contribution in [0, 0.1) is 0 Å². The number of hydrogen-bond donors (Lipinski definition) is 1. The van der Waals surface area contributed by atoms with E-state index in [4.69, 9.17) is 16.0 Å². The fraction of sp³-hybridized carbons (Fsp3) is 0.133. The van der Waals surface area contributed by atoms with Crippen molar-refractivity contribution in [3.63, 3.8) is 0 Å². The fourth-order valence-corrected chi connectivity index (χ4v) is 2.69. The molecule has 0 aliphatic rings. The third kappa shape index (κ3) is 2.59. The number of fused-ring (bicyclic) bond motifs is 1. The van der Waals surface area contributed by atoms with Crippen molar-refractivity contribution in [1.29, 1.82) is 0 Å². The van der Waals surface area contributed by atoms with Gasteiger partial charge >= 0.3 is 0 Å². The van der Waals surface area contributed by atoms with Crippen molar-refractivity contribution < 1.29 is 9.52 Å². The van der Waals surface area contributed by atoms with Gasteiger partial charge in [-0.25, -0.2) is 4.98 Å². The van der Waals surface area contributed by atoms with Crippen LogP contribution in [0.15, 0.2) is 51.4 Å². The summed E-state index contributed by atoms with van der Waals surface area (Å²) in [6.45, 7) is 0. The third-order valence-electron chi connectivity index (χ3n) is 3.05. The second kappa shape index (κ2) is 5.56. The Morgan fingerprint density at radius 1 is 1.20 bits per heavy atom. The standard InChI is InChI=1S/C15H11BrClNO2/c16-10-5-3-4-9(15(10)17)12(19)8-14-18-11-6-1-2-7-13(11)20-14/h1-7,12,19H,8H2. The normalized spacial score (nSPS) is 12.8. The molecule has 0 bridgehead atoms. The van der Waals surface area contributed by atoms with Gasteiger partial charge in [0.1, 0.15) is 5.52 Å². The number of halogens is 2. The molecular formula is C15H11BrClNO2. The van der Waals surface area contributed by atoms with E-state index in [0.717, 1.165) is 15.6 Å². The van der Waals surface area contributed by atoms with Crippen LogP contribution in [0.2, 0.25) is 5.02 Å². The lowest BCUT2D eigenvalue weighted by molar-refractivity contribution is 0.169. The van der Waals surface area contributed by atoms with Crippen molar-refractivity contribution in [2.75, 3.05) is 0 Å². The van der Waals surface area contributed by atoms with Crippen LogP contribution in [0.5, 0.6) is 0 Å². The highest BCUT2D eigenvalue weighted by Gasteiger charge is 2.17. The quantitative estimate of drug-likeness (QED) is 0.754. The summed E-state index contributed by atoms with van der Waals surface area (Å²) in [7, 11) is 0. The number of aliphatic hydroxyl groups excluding tert-OH is 1. The molecular weight excluding hydrogens is 342 g/mol. The molecule has 1 heterocycles. The maximum absolute atomic E-state index is 10.3. The Kier molecular flexibility index (Phi) is 3.78. The number of oxazole rings is 1. The van der Waals surface area contributed by atoms with E-state index in [1.54, 1.807) is 6.07 Å². The van der Waals surface area contributed by atoms with Gasteiger partial charge in [0.05, 0.1) is 17.5 Å². The zero-order valence-corrected chi connectivity index (χ0v) is 12.7. The molecule has 0 saturated carbocycles. The summed E-state index contributed by atoms with van der Waals surface area (Å²) in [5.41, 5.74) is 2.16. The van der Waals surface area contributed by atoms with Gasteiger partial charge in [0.15, 0.2) is 11.5 Å². The molecule has 0 aliphatic heterocycles. The maximum atomic E-state index is 10.3. The Balaban J connectivity index is 1.88. The van der Waals surface area contributed by atoms with Crippen LogP contribution in [0.25, 0.3) is 11.1 Å². The van der Waals surface area contributed by atoms with Crippen LogP contribution in [0.4, 0.5) is 0 Å². The SMILES string of the molecule is OC(Cc1nc2ccccc2o1)c1cccc(Br)c1Cl. The van der Waals surface area contributed by atoms with E-state index in [1.807, 2.05) is 36.4 Å². The molecule has 1 unspecified atom stereocenters. The van der Waals surface area contributed by atoms with Crippen molar-refractivity contribution >= 4 is 38.6 Å². The van der Waals surface area contributed by atoms with Crippen LogP contribution in [-0.4, -0.2) is 10.1 Å². The average molecular weight is 353 g/mol. The largest absolute Gasteiger partial charge is 0.441 e. The van der Waals surface area contributed by atoms with Crippen molar-refractivity contribution in [2.24, 2.45) is 0 Å². The van der Waals surface area contributed by atoms with Gasteiger partial charge in [0, 0.05) is 10.0 Å². The van der Waals surface area contributed by atoms with E-state index >= 15 is 0 Å². The summed E-state index contributed by atoms with van der Waals surface area (Å²) < 4.78 is 6.36. The number of hydrogen-bond acceptors (Lipinski definition) is 3. The predicted octanol–water partition coefficient (Wildman–Crippen LogP) is 4.52. The Morgan fingerprint density at radius 3 is 2.80 bits per heavy atom. The Morgan fingerprint density at radius 2 is 2.00 bits per heavy atom. The zero-order valence-electron chi connectivity index (χ0n) is 10.4. The summed E-state index contributed by atoms with van der Waals surface area (Å²) in [6, 6.07) is 13.0. The lowest BCUT2D eigenvalue weighted by Gasteiger charge is -2.11. The van der Waals surface area contributed by atoms with Crippen LogP contribution in [0.1, 0.15) is 17.6 Å². The molecule has 1 atom stereocenters. The summed E-state index contributed by atoms with van der Waals surface area (Å²) in [6.07, 6.45) is -0.474. The van der Waals surface area contributed by atoms with Crippen molar-refractivity contribution in [2.45, 2.75) is 12.5 Å². The van der Waals surface area contributed by atoms with Crippen molar-refractivity contribution in [3.8, 4) is 0 Å². The summed E-state index contributed by atoms with van der Waals surface area (Å²) >= 11 is 9.52. The van der Waals surface area contributed by atoms with E-state index in [2.05, 4.69) is 20.9 Å². The number of aliphatic hydroxyl groups is 1. The first-order chi connectivity index (χ1) is 9.65.